The normalized spacial score (nSPS) is 18.1. The van der Waals surface area contributed by atoms with Crippen LogP contribution in [0.5, 0.6) is 5.75 Å². The van der Waals surface area contributed by atoms with Gasteiger partial charge in [-0.2, -0.15) is 13.2 Å². The van der Waals surface area contributed by atoms with Crippen molar-refractivity contribution in [2.75, 3.05) is 25.0 Å². The number of hydrogen-bond donors (Lipinski definition) is 2. The standard InChI is InChI=1S/C23H29F3N4O3/c1-4-33-21(32)11-15(3)30-9-5-6-17(13-30)27-20-10-14(2)22(29-28-20)18-8-7-16(12-19(18)31)23(24,25)26/h7-8,10,12,15,17,31H,4-6,9,11,13H2,1-3H3,(H,27,28)/t15?,17-/m1/s1. The van der Waals surface area contributed by atoms with E-state index in [9.17, 15) is 23.1 Å². The second-order valence-corrected chi connectivity index (χ2v) is 8.33. The first-order valence-corrected chi connectivity index (χ1v) is 11.0. The monoisotopic (exact) mass is 466 g/mol. The Hall–Kier alpha value is -2.88. The van der Waals surface area contributed by atoms with Gasteiger partial charge in [0.25, 0.3) is 0 Å². The highest BCUT2D eigenvalue weighted by Gasteiger charge is 2.31. The van der Waals surface area contributed by atoms with Crippen LogP contribution in [0.25, 0.3) is 11.3 Å². The van der Waals surface area contributed by atoms with Gasteiger partial charge in [0, 0.05) is 24.2 Å². The van der Waals surface area contributed by atoms with Crippen molar-refractivity contribution in [2.24, 2.45) is 0 Å². The van der Waals surface area contributed by atoms with Crippen LogP contribution in [-0.2, 0) is 15.7 Å². The molecule has 2 aromatic rings. The maximum Gasteiger partial charge on any atom is 0.416 e. The van der Waals surface area contributed by atoms with E-state index < -0.39 is 17.5 Å². The van der Waals surface area contributed by atoms with Crippen molar-refractivity contribution in [3.05, 3.63) is 35.4 Å². The lowest BCUT2D eigenvalue weighted by Crippen LogP contribution is -2.47. The molecule has 2 atom stereocenters. The van der Waals surface area contributed by atoms with Gasteiger partial charge in [0.2, 0.25) is 0 Å². The average Bonchev–Trinajstić information content (AvgIpc) is 2.74. The summed E-state index contributed by atoms with van der Waals surface area (Å²) in [6.07, 6.45) is -2.30. The topological polar surface area (TPSA) is 87.6 Å². The van der Waals surface area contributed by atoms with Crippen molar-refractivity contribution in [1.29, 1.82) is 0 Å². The highest BCUT2D eigenvalue weighted by Crippen LogP contribution is 2.36. The van der Waals surface area contributed by atoms with Gasteiger partial charge < -0.3 is 15.2 Å². The number of likely N-dealkylation sites (tertiary alicyclic amines) is 1. The molecule has 0 amide bonds. The third-order valence-electron chi connectivity index (χ3n) is 5.76. The van der Waals surface area contributed by atoms with Crippen molar-refractivity contribution in [1.82, 2.24) is 15.1 Å². The van der Waals surface area contributed by atoms with Crippen molar-refractivity contribution in [2.45, 2.75) is 58.3 Å². The average molecular weight is 467 g/mol. The van der Waals surface area contributed by atoms with Crippen LogP contribution in [0.15, 0.2) is 24.3 Å². The zero-order valence-corrected chi connectivity index (χ0v) is 18.9. The van der Waals surface area contributed by atoms with E-state index in [2.05, 4.69) is 20.4 Å². The fourth-order valence-electron chi connectivity index (χ4n) is 4.05. The summed E-state index contributed by atoms with van der Waals surface area (Å²) in [7, 11) is 0. The number of benzene rings is 1. The van der Waals surface area contributed by atoms with Crippen molar-refractivity contribution in [3.63, 3.8) is 0 Å². The van der Waals surface area contributed by atoms with Crippen LogP contribution in [0.3, 0.4) is 0 Å². The Balaban J connectivity index is 1.67. The van der Waals surface area contributed by atoms with Gasteiger partial charge in [-0.05, 0) is 70.0 Å². The number of rotatable bonds is 7. The molecule has 1 aromatic carbocycles. The number of aryl methyl sites for hydroxylation is 1. The Bertz CT molecular complexity index is 984. The van der Waals surface area contributed by atoms with E-state index in [1.807, 2.05) is 6.92 Å². The summed E-state index contributed by atoms with van der Waals surface area (Å²) in [5.74, 6) is -0.155. The van der Waals surface area contributed by atoms with E-state index >= 15 is 0 Å². The summed E-state index contributed by atoms with van der Waals surface area (Å²) in [6.45, 7) is 7.57. The number of carbonyl (C=O) groups excluding carboxylic acids is 1. The minimum atomic E-state index is -4.54. The maximum atomic E-state index is 12.9. The van der Waals surface area contributed by atoms with Gasteiger partial charge in [-0.15, -0.1) is 10.2 Å². The molecule has 33 heavy (non-hydrogen) atoms. The van der Waals surface area contributed by atoms with Crippen LogP contribution >= 0.6 is 0 Å². The number of carbonyl (C=O) groups is 1. The summed E-state index contributed by atoms with van der Waals surface area (Å²) >= 11 is 0. The van der Waals surface area contributed by atoms with Gasteiger partial charge in [0.1, 0.15) is 11.6 Å². The minimum absolute atomic E-state index is 0.0616. The molecule has 1 aliphatic heterocycles. The molecule has 180 valence electrons. The number of hydrogen-bond acceptors (Lipinski definition) is 7. The smallest absolute Gasteiger partial charge is 0.416 e. The number of phenolic OH excluding ortho intramolecular Hbond substituents is 1. The molecule has 2 N–H and O–H groups in total. The number of piperidine rings is 1. The molecule has 10 heteroatoms. The largest absolute Gasteiger partial charge is 0.507 e. The fraction of sp³-hybridized carbons (Fsp3) is 0.522. The zero-order chi connectivity index (χ0) is 24.2. The number of aromatic hydroxyl groups is 1. The lowest BCUT2D eigenvalue weighted by atomic mass is 10.0. The van der Waals surface area contributed by atoms with Crippen molar-refractivity contribution in [3.8, 4) is 17.0 Å². The summed E-state index contributed by atoms with van der Waals surface area (Å²) in [4.78, 5) is 14.0. The van der Waals surface area contributed by atoms with E-state index in [-0.39, 0.29) is 23.6 Å². The van der Waals surface area contributed by atoms with Gasteiger partial charge in [-0.3, -0.25) is 9.69 Å². The Labute approximate surface area is 191 Å². The molecule has 1 aromatic heterocycles. The summed E-state index contributed by atoms with van der Waals surface area (Å²) in [5, 5.41) is 21.8. The number of esters is 1. The number of nitrogens with one attached hydrogen (secondary N) is 1. The molecule has 0 bridgehead atoms. The second-order valence-electron chi connectivity index (χ2n) is 8.33. The van der Waals surface area contributed by atoms with Crippen LogP contribution in [0.4, 0.5) is 19.0 Å². The molecule has 2 heterocycles. The number of halogens is 3. The number of anilines is 1. The summed E-state index contributed by atoms with van der Waals surface area (Å²) in [6, 6.07) is 4.74. The number of ether oxygens (including phenoxy) is 1. The minimum Gasteiger partial charge on any atom is -0.507 e. The fourth-order valence-corrected chi connectivity index (χ4v) is 4.05. The molecule has 0 saturated carbocycles. The molecule has 3 rings (SSSR count). The lowest BCUT2D eigenvalue weighted by molar-refractivity contribution is -0.144. The van der Waals surface area contributed by atoms with Crippen LogP contribution in [0.1, 0.15) is 44.2 Å². The third kappa shape index (κ3) is 6.34. The summed E-state index contributed by atoms with van der Waals surface area (Å²) in [5.41, 5.74) is 0.258. The van der Waals surface area contributed by atoms with Crippen LogP contribution in [-0.4, -0.2) is 58.0 Å². The van der Waals surface area contributed by atoms with Crippen LogP contribution in [0.2, 0.25) is 0 Å². The SMILES string of the molecule is CCOC(=O)CC(C)N1CCC[C@@H](Nc2cc(C)c(-c3ccc(C(F)(F)F)cc3O)nn2)C1. The van der Waals surface area contributed by atoms with Crippen LogP contribution < -0.4 is 5.32 Å². The van der Waals surface area contributed by atoms with Crippen molar-refractivity contribution >= 4 is 11.8 Å². The lowest BCUT2D eigenvalue weighted by Gasteiger charge is -2.37. The molecule has 1 unspecified atom stereocenters. The Morgan fingerprint density at radius 3 is 2.73 bits per heavy atom. The third-order valence-corrected chi connectivity index (χ3v) is 5.76. The number of aromatic nitrogens is 2. The van der Waals surface area contributed by atoms with Gasteiger partial charge in [0.15, 0.2) is 0 Å². The first kappa shape index (κ1) is 24.8. The van der Waals surface area contributed by atoms with Crippen molar-refractivity contribution < 1.29 is 27.8 Å². The van der Waals surface area contributed by atoms with E-state index in [0.717, 1.165) is 32.0 Å². The molecule has 1 aliphatic rings. The predicted octanol–water partition coefficient (Wildman–Crippen LogP) is 4.39. The maximum absolute atomic E-state index is 12.9. The number of nitrogens with zero attached hydrogens (tertiary/aromatic N) is 3. The summed E-state index contributed by atoms with van der Waals surface area (Å²) < 4.78 is 43.6. The molecule has 1 saturated heterocycles. The van der Waals surface area contributed by atoms with Gasteiger partial charge in [0.05, 0.1) is 24.3 Å². The highest BCUT2D eigenvalue weighted by atomic mass is 19.4. The molecule has 0 spiro atoms. The molecular weight excluding hydrogens is 437 g/mol. The van der Waals surface area contributed by atoms with Gasteiger partial charge >= 0.3 is 12.1 Å². The predicted molar refractivity (Wildman–Crippen MR) is 118 cm³/mol. The van der Waals surface area contributed by atoms with E-state index in [4.69, 9.17) is 4.74 Å². The number of phenols is 1. The molecule has 0 radical (unpaired) electrons. The molecule has 0 aliphatic carbocycles. The number of alkyl halides is 3. The molecular formula is C23H29F3N4O3. The Morgan fingerprint density at radius 2 is 2.09 bits per heavy atom. The van der Waals surface area contributed by atoms with E-state index in [1.54, 1.807) is 19.9 Å². The Morgan fingerprint density at radius 1 is 1.33 bits per heavy atom. The Kier molecular flexibility index (Phi) is 7.78. The molecule has 1 fully saturated rings. The first-order chi connectivity index (χ1) is 15.6. The quantitative estimate of drug-likeness (QED) is 0.585. The van der Waals surface area contributed by atoms with Crippen LogP contribution in [0, 0.1) is 6.92 Å². The van der Waals surface area contributed by atoms with E-state index in [1.165, 1.54) is 6.07 Å². The second kappa shape index (κ2) is 10.4. The zero-order valence-electron chi connectivity index (χ0n) is 18.9. The van der Waals surface area contributed by atoms with E-state index in [0.29, 0.717) is 36.2 Å². The highest BCUT2D eigenvalue weighted by molar-refractivity contribution is 5.71. The molecule has 7 nitrogen and oxygen atoms in total. The first-order valence-electron chi connectivity index (χ1n) is 11.0. The van der Waals surface area contributed by atoms with Gasteiger partial charge in [-0.1, -0.05) is 0 Å². The van der Waals surface area contributed by atoms with Gasteiger partial charge in [-0.25, -0.2) is 0 Å².